The van der Waals surface area contributed by atoms with Gasteiger partial charge in [0.2, 0.25) is 17.7 Å². The van der Waals surface area contributed by atoms with E-state index in [0.717, 1.165) is 11.3 Å². The van der Waals surface area contributed by atoms with Gasteiger partial charge in [-0.15, -0.1) is 11.8 Å². The van der Waals surface area contributed by atoms with Gasteiger partial charge in [-0.05, 0) is 12.3 Å². The van der Waals surface area contributed by atoms with Gasteiger partial charge < -0.3 is 15.0 Å². The molecule has 0 radical (unpaired) electrons. The van der Waals surface area contributed by atoms with E-state index in [1.54, 1.807) is 35.7 Å². The summed E-state index contributed by atoms with van der Waals surface area (Å²) in [6.07, 6.45) is 0.721. The van der Waals surface area contributed by atoms with E-state index in [9.17, 15) is 14.4 Å². The van der Waals surface area contributed by atoms with Crippen molar-refractivity contribution in [2.75, 3.05) is 20.6 Å². The first-order valence-electron chi connectivity index (χ1n) is 9.06. The van der Waals surface area contributed by atoms with Crippen LogP contribution in [0.3, 0.4) is 0 Å². The Balaban J connectivity index is 1.75. The second kappa shape index (κ2) is 7.23. The van der Waals surface area contributed by atoms with Crippen molar-refractivity contribution in [3.63, 3.8) is 0 Å². The van der Waals surface area contributed by atoms with Gasteiger partial charge in [0, 0.05) is 31.8 Å². The van der Waals surface area contributed by atoms with Crippen LogP contribution in [-0.2, 0) is 19.1 Å². The highest BCUT2D eigenvalue weighted by atomic mass is 32.2. The number of fused-ring (bicyclic) bond motifs is 1. The maximum Gasteiger partial charge on any atom is 0.299 e. The third kappa shape index (κ3) is 3.03. The molecule has 5 unspecified atom stereocenters. The molecule has 3 aliphatic rings. The summed E-state index contributed by atoms with van der Waals surface area (Å²) in [6, 6.07) is -0.120. The Kier molecular flexibility index (Phi) is 5.35. The van der Waals surface area contributed by atoms with Crippen LogP contribution in [0, 0.1) is 17.8 Å². The fourth-order valence-corrected chi connectivity index (χ4v) is 5.67. The van der Waals surface area contributed by atoms with E-state index in [0.29, 0.717) is 18.9 Å². The van der Waals surface area contributed by atoms with Crippen LogP contribution in [0.15, 0.2) is 10.8 Å². The fourth-order valence-electron chi connectivity index (χ4n) is 4.24. The number of carbonyl (C=O) groups is 3. The van der Waals surface area contributed by atoms with Crippen LogP contribution < -0.4 is 5.32 Å². The molecule has 0 aromatic rings. The molecule has 2 amide bonds. The molecule has 0 aromatic heterocycles. The van der Waals surface area contributed by atoms with Crippen molar-refractivity contribution in [3.05, 3.63) is 10.8 Å². The number of ether oxygens (including phenoxy) is 1. The number of carbonyl (C=O) groups excluding carboxylic acids is 3. The third-order valence-electron chi connectivity index (χ3n) is 5.55. The first kappa shape index (κ1) is 19.2. The largest absolute Gasteiger partial charge is 0.411 e. The first-order valence-corrected chi connectivity index (χ1v) is 9.94. The van der Waals surface area contributed by atoms with Gasteiger partial charge in [-0.3, -0.25) is 19.3 Å². The molecule has 0 aromatic carbocycles. The number of amides is 2. The van der Waals surface area contributed by atoms with Gasteiger partial charge in [0.25, 0.3) is 6.47 Å². The Hall–Kier alpha value is -1.54. The molecule has 1 N–H and O–H groups in total. The van der Waals surface area contributed by atoms with Gasteiger partial charge in [0.05, 0.1) is 22.9 Å². The number of rotatable bonds is 6. The number of nitrogens with zero attached hydrogens (tertiary/aromatic N) is 2. The number of thioether (sulfide) groups is 1. The predicted molar refractivity (Wildman–Crippen MR) is 98.8 cm³/mol. The van der Waals surface area contributed by atoms with Crippen LogP contribution in [0.1, 0.15) is 27.2 Å². The summed E-state index contributed by atoms with van der Waals surface area (Å²) in [4.78, 5) is 39.9. The van der Waals surface area contributed by atoms with E-state index in [2.05, 4.69) is 26.1 Å². The minimum absolute atomic E-state index is 0.0295. The molecule has 0 aliphatic carbocycles. The van der Waals surface area contributed by atoms with Crippen molar-refractivity contribution in [1.82, 2.24) is 15.1 Å². The monoisotopic (exact) mass is 381 g/mol. The molecule has 144 valence electrons. The Morgan fingerprint density at radius 2 is 2.12 bits per heavy atom. The normalized spacial score (nSPS) is 33.4. The summed E-state index contributed by atoms with van der Waals surface area (Å²) < 4.78 is 5.23. The van der Waals surface area contributed by atoms with E-state index in [1.165, 1.54) is 0 Å². The van der Waals surface area contributed by atoms with E-state index in [-0.39, 0.29) is 46.9 Å². The van der Waals surface area contributed by atoms with E-state index < -0.39 is 0 Å². The lowest BCUT2D eigenvalue weighted by atomic mass is 9.76. The second-order valence-electron chi connectivity index (χ2n) is 7.81. The van der Waals surface area contributed by atoms with Gasteiger partial charge in [0.1, 0.15) is 0 Å². The highest BCUT2D eigenvalue weighted by Crippen LogP contribution is 2.52. The van der Waals surface area contributed by atoms with Gasteiger partial charge in [0.15, 0.2) is 0 Å². The predicted octanol–water partition coefficient (Wildman–Crippen LogP) is 1.01. The molecule has 3 aliphatic heterocycles. The van der Waals surface area contributed by atoms with Crippen LogP contribution in [0.25, 0.3) is 0 Å². The molecule has 8 heteroatoms. The van der Waals surface area contributed by atoms with E-state index >= 15 is 0 Å². The van der Waals surface area contributed by atoms with Crippen LogP contribution >= 0.6 is 11.8 Å². The summed E-state index contributed by atoms with van der Waals surface area (Å²) in [5.41, 5.74) is 0. The van der Waals surface area contributed by atoms with Crippen LogP contribution in [0.2, 0.25) is 0 Å². The minimum atomic E-state index is -0.183. The molecule has 26 heavy (non-hydrogen) atoms. The van der Waals surface area contributed by atoms with Crippen LogP contribution in [0.4, 0.5) is 0 Å². The quantitative estimate of drug-likeness (QED) is 0.547. The lowest BCUT2D eigenvalue weighted by molar-refractivity contribution is -0.160. The summed E-state index contributed by atoms with van der Waals surface area (Å²) in [6.45, 7) is 7.30. The molecule has 3 rings (SSSR count). The van der Waals surface area contributed by atoms with Crippen molar-refractivity contribution in [1.29, 1.82) is 0 Å². The molecule has 0 spiro atoms. The summed E-state index contributed by atoms with van der Waals surface area (Å²) in [5, 5.41) is 3.48. The number of β-lactam (4-membered cyclic amide) rings is 1. The smallest absolute Gasteiger partial charge is 0.299 e. The lowest BCUT2D eigenvalue weighted by Gasteiger charge is -2.46. The molecule has 0 saturated carbocycles. The fraction of sp³-hybridized carbons (Fsp3) is 0.722. The number of likely N-dealkylation sites (N-methyl/N-ethyl adjacent to an activating group) is 1. The Morgan fingerprint density at radius 1 is 1.42 bits per heavy atom. The molecule has 2 saturated heterocycles. The lowest BCUT2D eigenvalue weighted by Crippen LogP contribution is -2.61. The van der Waals surface area contributed by atoms with Crippen LogP contribution in [0.5, 0.6) is 0 Å². The van der Waals surface area contributed by atoms with Crippen molar-refractivity contribution < 1.29 is 19.1 Å². The summed E-state index contributed by atoms with van der Waals surface area (Å²) >= 11 is 1.64. The molecule has 3 heterocycles. The molecule has 2 fully saturated rings. The number of hydrogen-bond acceptors (Lipinski definition) is 6. The zero-order valence-corrected chi connectivity index (χ0v) is 16.7. The SMILES string of the molecule is CC(C)C1C(=O)N2C(OC=O)=C(SC3CNC(C(=O)N(C)C)C3)C(C)C12. The topological polar surface area (TPSA) is 79.0 Å². The first-order chi connectivity index (χ1) is 12.3. The van der Waals surface area contributed by atoms with Gasteiger partial charge in [-0.2, -0.15) is 0 Å². The molecule has 5 atom stereocenters. The highest BCUT2D eigenvalue weighted by molar-refractivity contribution is 8.03. The summed E-state index contributed by atoms with van der Waals surface area (Å²) in [7, 11) is 3.51. The maximum absolute atomic E-state index is 12.5. The van der Waals surface area contributed by atoms with Crippen LogP contribution in [-0.4, -0.2) is 66.1 Å². The minimum Gasteiger partial charge on any atom is -0.411 e. The van der Waals surface area contributed by atoms with Gasteiger partial charge >= 0.3 is 0 Å². The molecular formula is C18H27N3O4S. The standard InChI is InChI=1S/C18H27N3O4S/c1-9(2)13-14-10(3)15(18(25-8-22)21(14)17(13)24)26-11-6-12(19-7-11)16(23)20(4)5/h8-14,19H,6-7H2,1-5H3. The zero-order chi connectivity index (χ0) is 19.2. The average Bonchev–Trinajstić information content (AvgIpc) is 3.11. The summed E-state index contributed by atoms with van der Waals surface area (Å²) in [5.74, 6) is 0.858. The highest BCUT2D eigenvalue weighted by Gasteiger charge is 2.59. The van der Waals surface area contributed by atoms with Gasteiger partial charge in [-0.25, -0.2) is 0 Å². The van der Waals surface area contributed by atoms with Gasteiger partial charge in [-0.1, -0.05) is 20.8 Å². The number of hydrogen-bond donors (Lipinski definition) is 1. The zero-order valence-electron chi connectivity index (χ0n) is 15.9. The Labute approximate surface area is 158 Å². The average molecular weight is 381 g/mol. The maximum atomic E-state index is 12.5. The van der Waals surface area contributed by atoms with Crippen molar-refractivity contribution in [2.45, 2.75) is 44.5 Å². The van der Waals surface area contributed by atoms with Crippen molar-refractivity contribution in [2.24, 2.45) is 17.8 Å². The molecule has 0 bridgehead atoms. The molecule has 7 nitrogen and oxygen atoms in total. The number of nitrogens with one attached hydrogen (secondary N) is 1. The van der Waals surface area contributed by atoms with E-state index in [4.69, 9.17) is 4.74 Å². The second-order valence-corrected chi connectivity index (χ2v) is 9.15. The Bertz CT molecular complexity index is 648. The van der Waals surface area contributed by atoms with Crippen molar-refractivity contribution >= 4 is 30.0 Å². The van der Waals surface area contributed by atoms with E-state index in [1.807, 2.05) is 0 Å². The van der Waals surface area contributed by atoms with Crippen molar-refractivity contribution in [3.8, 4) is 0 Å². The third-order valence-corrected chi connectivity index (χ3v) is 7.04. The molecular weight excluding hydrogens is 354 g/mol. The Morgan fingerprint density at radius 3 is 2.69 bits per heavy atom.